The number of hydrogen-bond donors (Lipinski definition) is 4. The van der Waals surface area contributed by atoms with Gasteiger partial charge in [-0.15, -0.1) is 0 Å². The summed E-state index contributed by atoms with van der Waals surface area (Å²) in [6.07, 6.45) is 4.48. The number of phenolic OH excluding ortho intramolecular Hbond substituents is 2. The number of rotatable bonds is 2. The van der Waals surface area contributed by atoms with Gasteiger partial charge in [0.05, 0.1) is 0 Å². The molecular weight excluding hydrogens is 264 g/mol. The molecule has 2 aromatic rings. The second-order valence-corrected chi connectivity index (χ2v) is 4.88. The molecule has 4 nitrogen and oxygen atoms in total. The predicted octanol–water partition coefficient (Wildman–Crippen LogP) is 2.98. The van der Waals surface area contributed by atoms with Gasteiger partial charge in [0.2, 0.25) is 0 Å². The number of para-hydroxylation sites is 2. The SMILES string of the molecule is Oc1ccccc1C=C1CC(=Cc2ccccc2O)NN1. The maximum Gasteiger partial charge on any atom is 0.122 e. The van der Waals surface area contributed by atoms with Gasteiger partial charge in [-0.2, -0.15) is 0 Å². The van der Waals surface area contributed by atoms with E-state index in [9.17, 15) is 10.2 Å². The van der Waals surface area contributed by atoms with Crippen LogP contribution in [0.4, 0.5) is 0 Å². The molecule has 106 valence electrons. The van der Waals surface area contributed by atoms with E-state index in [4.69, 9.17) is 0 Å². The minimum atomic E-state index is 0.255. The second kappa shape index (κ2) is 5.63. The Morgan fingerprint density at radius 2 is 1.14 bits per heavy atom. The molecule has 0 saturated carbocycles. The van der Waals surface area contributed by atoms with E-state index >= 15 is 0 Å². The smallest absolute Gasteiger partial charge is 0.122 e. The van der Waals surface area contributed by atoms with Crippen LogP contribution in [0.5, 0.6) is 11.5 Å². The molecule has 0 aromatic heterocycles. The van der Waals surface area contributed by atoms with E-state index in [1.54, 1.807) is 24.3 Å². The molecule has 0 aliphatic carbocycles. The normalized spacial score (nSPS) is 17.7. The quantitative estimate of drug-likeness (QED) is 0.683. The Hall–Kier alpha value is -2.88. The molecule has 1 aliphatic rings. The van der Waals surface area contributed by atoms with Crippen LogP contribution in [0.1, 0.15) is 17.5 Å². The number of phenols is 2. The Balaban J connectivity index is 1.80. The minimum absolute atomic E-state index is 0.255. The monoisotopic (exact) mass is 280 g/mol. The Bertz CT molecular complexity index is 659. The average molecular weight is 280 g/mol. The summed E-state index contributed by atoms with van der Waals surface area (Å²) in [6.45, 7) is 0. The van der Waals surface area contributed by atoms with Gasteiger partial charge in [0.1, 0.15) is 11.5 Å². The van der Waals surface area contributed by atoms with Crippen molar-refractivity contribution in [3.63, 3.8) is 0 Å². The van der Waals surface area contributed by atoms with Crippen LogP contribution in [0.3, 0.4) is 0 Å². The third kappa shape index (κ3) is 3.00. The summed E-state index contributed by atoms with van der Waals surface area (Å²) in [7, 11) is 0. The van der Waals surface area contributed by atoms with Crippen LogP contribution < -0.4 is 10.9 Å². The lowest BCUT2D eigenvalue weighted by Crippen LogP contribution is -2.19. The van der Waals surface area contributed by atoms with Gasteiger partial charge >= 0.3 is 0 Å². The molecule has 4 heteroatoms. The van der Waals surface area contributed by atoms with Crippen molar-refractivity contribution in [3.8, 4) is 11.5 Å². The van der Waals surface area contributed by atoms with Gasteiger partial charge in [-0.25, -0.2) is 0 Å². The van der Waals surface area contributed by atoms with Gasteiger partial charge in [0, 0.05) is 28.9 Å². The second-order valence-electron chi connectivity index (χ2n) is 4.88. The maximum absolute atomic E-state index is 9.77. The predicted molar refractivity (Wildman–Crippen MR) is 83.1 cm³/mol. The fraction of sp³-hybridized carbons (Fsp3) is 0.0588. The largest absolute Gasteiger partial charge is 0.507 e. The standard InChI is InChI=1S/C17H16N2O2/c20-16-7-3-1-5-12(16)9-14-11-15(19-18-14)10-13-6-2-4-8-17(13)21/h1-10,18-21H,11H2. The summed E-state index contributed by atoms with van der Waals surface area (Å²) >= 11 is 0. The molecular formula is C17H16N2O2. The fourth-order valence-corrected chi connectivity index (χ4v) is 2.22. The van der Waals surface area contributed by atoms with Crippen LogP contribution in [0.2, 0.25) is 0 Å². The molecule has 0 unspecified atom stereocenters. The van der Waals surface area contributed by atoms with Gasteiger partial charge in [-0.3, -0.25) is 0 Å². The molecule has 2 aromatic carbocycles. The first-order valence-electron chi connectivity index (χ1n) is 6.71. The van der Waals surface area contributed by atoms with E-state index in [0.29, 0.717) is 6.42 Å². The van der Waals surface area contributed by atoms with Crippen LogP contribution in [0, 0.1) is 0 Å². The third-order valence-electron chi connectivity index (χ3n) is 3.30. The fourth-order valence-electron chi connectivity index (χ4n) is 2.22. The van der Waals surface area contributed by atoms with Crippen LogP contribution in [-0.4, -0.2) is 10.2 Å². The Labute approximate surface area is 123 Å². The lowest BCUT2D eigenvalue weighted by molar-refractivity contribution is 0.473. The molecule has 0 spiro atoms. The van der Waals surface area contributed by atoms with Crippen LogP contribution in [-0.2, 0) is 0 Å². The molecule has 0 radical (unpaired) electrons. The van der Waals surface area contributed by atoms with Crippen molar-refractivity contribution >= 4 is 12.2 Å². The lowest BCUT2D eigenvalue weighted by atomic mass is 10.1. The van der Waals surface area contributed by atoms with Crippen molar-refractivity contribution in [3.05, 3.63) is 71.1 Å². The highest BCUT2D eigenvalue weighted by Gasteiger charge is 2.12. The first kappa shape index (κ1) is 13.1. The van der Waals surface area contributed by atoms with E-state index in [0.717, 1.165) is 22.5 Å². The van der Waals surface area contributed by atoms with Crippen molar-refractivity contribution < 1.29 is 10.2 Å². The number of hydrogen-bond acceptors (Lipinski definition) is 4. The zero-order valence-corrected chi connectivity index (χ0v) is 11.4. The molecule has 1 aliphatic heterocycles. The molecule has 0 bridgehead atoms. The maximum atomic E-state index is 9.77. The number of nitrogens with one attached hydrogen (secondary N) is 2. The highest BCUT2D eigenvalue weighted by molar-refractivity contribution is 5.63. The van der Waals surface area contributed by atoms with E-state index in [1.807, 2.05) is 36.4 Å². The molecule has 3 rings (SSSR count). The van der Waals surface area contributed by atoms with E-state index in [1.165, 1.54) is 0 Å². The lowest BCUT2D eigenvalue weighted by Gasteiger charge is -2.00. The van der Waals surface area contributed by atoms with Crippen molar-refractivity contribution in [2.24, 2.45) is 0 Å². The van der Waals surface area contributed by atoms with Crippen molar-refractivity contribution in [2.75, 3.05) is 0 Å². The first-order chi connectivity index (χ1) is 10.2. The van der Waals surface area contributed by atoms with Crippen molar-refractivity contribution in [1.29, 1.82) is 0 Å². The van der Waals surface area contributed by atoms with Crippen LogP contribution in [0.15, 0.2) is 59.9 Å². The van der Waals surface area contributed by atoms with Gasteiger partial charge in [-0.1, -0.05) is 36.4 Å². The van der Waals surface area contributed by atoms with E-state index < -0.39 is 0 Å². The van der Waals surface area contributed by atoms with Gasteiger partial charge in [0.15, 0.2) is 0 Å². The number of benzene rings is 2. The molecule has 21 heavy (non-hydrogen) atoms. The van der Waals surface area contributed by atoms with Crippen molar-refractivity contribution in [2.45, 2.75) is 6.42 Å². The Morgan fingerprint density at radius 3 is 1.57 bits per heavy atom. The Kier molecular flexibility index (Phi) is 3.51. The summed E-state index contributed by atoms with van der Waals surface area (Å²) in [6, 6.07) is 14.4. The molecule has 1 fully saturated rings. The summed E-state index contributed by atoms with van der Waals surface area (Å²) in [4.78, 5) is 0. The average Bonchev–Trinajstić information content (AvgIpc) is 2.91. The summed E-state index contributed by atoms with van der Waals surface area (Å²) < 4.78 is 0. The molecule has 1 saturated heterocycles. The molecule has 4 N–H and O–H groups in total. The zero-order valence-electron chi connectivity index (χ0n) is 11.4. The van der Waals surface area contributed by atoms with E-state index in [2.05, 4.69) is 10.9 Å². The Morgan fingerprint density at radius 1 is 0.714 bits per heavy atom. The number of hydrazine groups is 1. The van der Waals surface area contributed by atoms with Gasteiger partial charge in [-0.05, 0) is 24.3 Å². The highest BCUT2D eigenvalue weighted by atomic mass is 16.3. The molecule has 0 amide bonds. The van der Waals surface area contributed by atoms with Gasteiger partial charge in [0.25, 0.3) is 0 Å². The first-order valence-corrected chi connectivity index (χ1v) is 6.71. The highest BCUT2D eigenvalue weighted by Crippen LogP contribution is 2.24. The summed E-state index contributed by atoms with van der Waals surface area (Å²) in [5.74, 6) is 0.509. The van der Waals surface area contributed by atoms with Crippen LogP contribution >= 0.6 is 0 Å². The summed E-state index contributed by atoms with van der Waals surface area (Å²) in [5.41, 5.74) is 9.60. The van der Waals surface area contributed by atoms with Crippen LogP contribution in [0.25, 0.3) is 12.2 Å². The van der Waals surface area contributed by atoms with E-state index in [-0.39, 0.29) is 11.5 Å². The summed E-state index contributed by atoms with van der Waals surface area (Å²) in [5, 5.41) is 19.5. The number of aromatic hydroxyl groups is 2. The van der Waals surface area contributed by atoms with Crippen molar-refractivity contribution in [1.82, 2.24) is 10.9 Å². The topological polar surface area (TPSA) is 64.5 Å². The van der Waals surface area contributed by atoms with Gasteiger partial charge < -0.3 is 21.1 Å². The third-order valence-corrected chi connectivity index (χ3v) is 3.30. The zero-order chi connectivity index (χ0) is 14.7. The molecule has 1 heterocycles. The minimum Gasteiger partial charge on any atom is -0.507 e. The molecule has 0 atom stereocenters.